The molecular weight excluding hydrogens is 576 g/mol. The number of aliphatic hydroxyl groups excluding tert-OH is 1. The molecule has 1 aliphatic heterocycles. The zero-order chi connectivity index (χ0) is 32.3. The van der Waals surface area contributed by atoms with Crippen molar-refractivity contribution in [2.75, 3.05) is 6.54 Å². The fourth-order valence-electron chi connectivity index (χ4n) is 5.49. The Morgan fingerprint density at radius 2 is 1.59 bits per heavy atom. The number of carbonyl (C=O) groups is 2. The minimum absolute atomic E-state index is 0.108. The van der Waals surface area contributed by atoms with Crippen LogP contribution in [0, 0.1) is 5.92 Å². The summed E-state index contributed by atoms with van der Waals surface area (Å²) in [5.74, 6) is 1.04. The molecule has 3 atom stereocenters. The first-order valence-corrected chi connectivity index (χ1v) is 16.0. The molecule has 238 valence electrons. The zero-order valence-electron chi connectivity index (χ0n) is 26.4. The molecule has 0 saturated heterocycles. The average Bonchev–Trinajstić information content (AvgIpc) is 3.25. The Morgan fingerprint density at radius 3 is 2.39 bits per heavy atom. The van der Waals surface area contributed by atoms with Crippen LogP contribution in [0.3, 0.4) is 0 Å². The number of hydrogen-bond acceptors (Lipinski definition) is 5. The molecule has 0 aliphatic carbocycles. The van der Waals surface area contributed by atoms with Gasteiger partial charge in [0.15, 0.2) is 0 Å². The van der Waals surface area contributed by atoms with E-state index in [-0.39, 0.29) is 18.2 Å². The number of fused-ring (bicyclic) bond motifs is 2. The van der Waals surface area contributed by atoms with Crippen molar-refractivity contribution in [2.24, 2.45) is 5.92 Å². The topological polar surface area (TPSA) is 96.9 Å². The highest BCUT2D eigenvalue weighted by atomic mass is 16.5. The maximum Gasteiger partial charge on any atom is 0.252 e. The fraction of sp³-hybridized carbons (Fsp3) is 0.282. The van der Waals surface area contributed by atoms with Gasteiger partial charge in [0.2, 0.25) is 5.91 Å². The Morgan fingerprint density at radius 1 is 0.870 bits per heavy atom. The number of aliphatic hydroxyl groups is 1. The fourth-order valence-corrected chi connectivity index (χ4v) is 5.49. The Kier molecular flexibility index (Phi) is 11.2. The molecule has 3 N–H and O–H groups in total. The van der Waals surface area contributed by atoms with Crippen molar-refractivity contribution in [3.8, 4) is 17.2 Å². The average molecular weight is 619 g/mol. The molecule has 5 rings (SSSR count). The molecule has 0 bridgehead atoms. The van der Waals surface area contributed by atoms with Crippen LogP contribution in [0.15, 0.2) is 103 Å². The second-order valence-corrected chi connectivity index (χ2v) is 11.7. The summed E-state index contributed by atoms with van der Waals surface area (Å²) in [7, 11) is 0. The van der Waals surface area contributed by atoms with Crippen molar-refractivity contribution in [3.05, 3.63) is 125 Å². The summed E-state index contributed by atoms with van der Waals surface area (Å²) in [6.45, 7) is 4.90. The molecule has 0 radical (unpaired) electrons. The van der Waals surface area contributed by atoms with Gasteiger partial charge in [0.25, 0.3) is 5.91 Å². The molecule has 0 saturated carbocycles. The highest BCUT2D eigenvalue weighted by molar-refractivity contribution is 6.25. The maximum atomic E-state index is 14.1. The van der Waals surface area contributed by atoms with E-state index in [4.69, 9.17) is 9.47 Å². The summed E-state index contributed by atoms with van der Waals surface area (Å²) >= 11 is 0. The number of ether oxygens (including phenoxy) is 2. The van der Waals surface area contributed by atoms with Gasteiger partial charge in [-0.25, -0.2) is 0 Å². The molecule has 0 unspecified atom stereocenters. The van der Waals surface area contributed by atoms with Crippen molar-refractivity contribution in [2.45, 2.75) is 58.3 Å². The third kappa shape index (κ3) is 8.64. The number of nitrogens with one attached hydrogen (secondary N) is 2. The number of benzene rings is 4. The van der Waals surface area contributed by atoms with E-state index in [1.807, 2.05) is 109 Å². The van der Waals surface area contributed by atoms with Gasteiger partial charge in [-0.3, -0.25) is 9.59 Å². The van der Waals surface area contributed by atoms with Gasteiger partial charge in [-0.1, -0.05) is 99.1 Å². The van der Waals surface area contributed by atoms with E-state index in [1.165, 1.54) is 0 Å². The monoisotopic (exact) mass is 618 g/mol. The summed E-state index contributed by atoms with van der Waals surface area (Å²) in [6.07, 6.45) is 3.23. The first-order valence-electron chi connectivity index (χ1n) is 16.0. The minimum atomic E-state index is -0.991. The lowest BCUT2D eigenvalue weighted by Crippen LogP contribution is -2.46. The van der Waals surface area contributed by atoms with Crippen molar-refractivity contribution in [1.82, 2.24) is 10.6 Å². The standard InChI is InChI=1S/C39H42N2O5/c1-3-4-21-40-38(43)27(2)22-35(42)34(24-29-15-12-17-31(23-29)45-26-28-13-6-5-7-14-28)41-39(44)33-25-30-16-8-10-19-36(30)46-37-20-11-9-18-32(33)37/h5-20,23,25,27,34-35,42H,3-4,21-22,24,26H2,1-2H3,(H,40,43)(H,41,44)/t27-,34-,35+/m0/s1. The smallest absolute Gasteiger partial charge is 0.252 e. The van der Waals surface area contributed by atoms with Gasteiger partial charge in [-0.05, 0) is 60.7 Å². The Balaban J connectivity index is 1.38. The minimum Gasteiger partial charge on any atom is -0.489 e. The predicted octanol–water partition coefficient (Wildman–Crippen LogP) is 6.94. The first kappa shape index (κ1) is 32.5. The van der Waals surface area contributed by atoms with E-state index in [2.05, 4.69) is 17.6 Å². The highest BCUT2D eigenvalue weighted by Crippen LogP contribution is 2.38. The molecule has 7 nitrogen and oxygen atoms in total. The van der Waals surface area contributed by atoms with Crippen LogP contribution < -0.4 is 20.1 Å². The zero-order valence-corrected chi connectivity index (χ0v) is 26.4. The highest BCUT2D eigenvalue weighted by Gasteiger charge is 2.29. The predicted molar refractivity (Wildman–Crippen MR) is 181 cm³/mol. The van der Waals surface area contributed by atoms with Gasteiger partial charge in [0.05, 0.1) is 17.7 Å². The summed E-state index contributed by atoms with van der Waals surface area (Å²) in [4.78, 5) is 26.9. The quantitative estimate of drug-likeness (QED) is 0.133. The summed E-state index contributed by atoms with van der Waals surface area (Å²) in [5, 5.41) is 17.6. The summed E-state index contributed by atoms with van der Waals surface area (Å²) < 4.78 is 12.2. The van der Waals surface area contributed by atoms with E-state index in [9.17, 15) is 14.7 Å². The number of unbranched alkanes of at least 4 members (excludes halogenated alkanes) is 1. The van der Waals surface area contributed by atoms with Crippen LogP contribution in [0.1, 0.15) is 55.4 Å². The van der Waals surface area contributed by atoms with E-state index < -0.39 is 18.1 Å². The second kappa shape index (κ2) is 15.9. The van der Waals surface area contributed by atoms with E-state index in [0.29, 0.717) is 48.0 Å². The number of rotatable bonds is 14. The van der Waals surface area contributed by atoms with Gasteiger partial charge >= 0.3 is 0 Å². The van der Waals surface area contributed by atoms with Crippen LogP contribution in [0.2, 0.25) is 0 Å². The van der Waals surface area contributed by atoms with Crippen LogP contribution in [-0.2, 0) is 22.6 Å². The first-order chi connectivity index (χ1) is 22.4. The molecule has 46 heavy (non-hydrogen) atoms. The van der Waals surface area contributed by atoms with Crippen molar-refractivity contribution < 1.29 is 24.2 Å². The molecule has 1 aliphatic rings. The van der Waals surface area contributed by atoms with Gasteiger partial charge in [0.1, 0.15) is 23.9 Å². The molecule has 4 aromatic rings. The molecule has 0 fully saturated rings. The Labute approximate surface area is 271 Å². The number of amides is 2. The normalized spacial score (nSPS) is 13.8. The Hall–Kier alpha value is -4.88. The molecule has 0 spiro atoms. The largest absolute Gasteiger partial charge is 0.489 e. The summed E-state index contributed by atoms with van der Waals surface area (Å²) in [6, 6.07) is 31.9. The molecular formula is C39H42N2O5. The van der Waals surface area contributed by atoms with Gasteiger partial charge in [-0.15, -0.1) is 0 Å². The maximum absolute atomic E-state index is 14.1. The van der Waals surface area contributed by atoms with Crippen LogP contribution in [0.25, 0.3) is 11.6 Å². The van der Waals surface area contributed by atoms with Gasteiger partial charge < -0.3 is 25.2 Å². The van der Waals surface area contributed by atoms with E-state index in [1.54, 1.807) is 6.92 Å². The number of para-hydroxylation sites is 2. The number of hydrogen-bond donors (Lipinski definition) is 3. The van der Waals surface area contributed by atoms with Gasteiger partial charge in [0, 0.05) is 23.6 Å². The molecule has 2 amide bonds. The third-order valence-electron chi connectivity index (χ3n) is 8.12. The molecule has 0 aromatic heterocycles. The van der Waals surface area contributed by atoms with Crippen LogP contribution in [0.5, 0.6) is 17.2 Å². The molecule has 7 heteroatoms. The second-order valence-electron chi connectivity index (χ2n) is 11.7. The van der Waals surface area contributed by atoms with Gasteiger partial charge in [-0.2, -0.15) is 0 Å². The Bertz CT molecular complexity index is 1650. The van der Waals surface area contributed by atoms with Crippen LogP contribution in [0.4, 0.5) is 0 Å². The lowest BCUT2D eigenvalue weighted by molar-refractivity contribution is -0.125. The van der Waals surface area contributed by atoms with Crippen molar-refractivity contribution in [3.63, 3.8) is 0 Å². The summed E-state index contributed by atoms with van der Waals surface area (Å²) in [5.41, 5.74) is 3.81. The third-order valence-corrected chi connectivity index (χ3v) is 8.12. The van der Waals surface area contributed by atoms with E-state index in [0.717, 1.165) is 29.5 Å². The van der Waals surface area contributed by atoms with Crippen molar-refractivity contribution >= 4 is 23.5 Å². The number of carbonyl (C=O) groups excluding carboxylic acids is 2. The lowest BCUT2D eigenvalue weighted by Gasteiger charge is -2.27. The van der Waals surface area contributed by atoms with Crippen LogP contribution >= 0.6 is 0 Å². The SMILES string of the molecule is CCCCNC(=O)[C@@H](C)C[C@@H](O)[C@H](Cc1cccc(OCc2ccccc2)c1)NC(=O)C1=Cc2ccccc2Oc2ccccc21. The molecule has 4 aromatic carbocycles. The van der Waals surface area contributed by atoms with Crippen molar-refractivity contribution in [1.29, 1.82) is 0 Å². The van der Waals surface area contributed by atoms with E-state index >= 15 is 0 Å². The lowest BCUT2D eigenvalue weighted by atomic mass is 9.92. The van der Waals surface area contributed by atoms with Crippen LogP contribution in [-0.4, -0.2) is 35.6 Å². The molecule has 1 heterocycles.